The quantitative estimate of drug-likeness (QED) is 0.832. The van der Waals surface area contributed by atoms with Crippen LogP contribution in [0.15, 0.2) is 10.6 Å². The third-order valence-corrected chi connectivity index (χ3v) is 4.12. The Balaban J connectivity index is 2.01. The van der Waals surface area contributed by atoms with Crippen molar-refractivity contribution < 1.29 is 19.2 Å². The number of carboxylic acids is 1. The predicted octanol–water partition coefficient (Wildman–Crippen LogP) is 2.29. The molecule has 1 fully saturated rings. The third-order valence-electron chi connectivity index (χ3n) is 4.12. The van der Waals surface area contributed by atoms with E-state index in [9.17, 15) is 9.90 Å². The van der Waals surface area contributed by atoms with Crippen molar-refractivity contribution in [2.24, 2.45) is 5.41 Å². The molecule has 21 heavy (non-hydrogen) atoms. The van der Waals surface area contributed by atoms with Crippen LogP contribution in [0.5, 0.6) is 0 Å². The molecule has 2 rings (SSSR count). The van der Waals surface area contributed by atoms with Gasteiger partial charge < -0.3 is 14.4 Å². The molecule has 0 amide bonds. The lowest BCUT2D eigenvalue weighted by molar-refractivity contribution is -0.153. The van der Waals surface area contributed by atoms with E-state index in [1.165, 1.54) is 0 Å². The Hall–Kier alpha value is -1.40. The summed E-state index contributed by atoms with van der Waals surface area (Å²) < 4.78 is 10.2. The van der Waals surface area contributed by atoms with Gasteiger partial charge in [0.2, 0.25) is 0 Å². The van der Waals surface area contributed by atoms with Crippen molar-refractivity contribution >= 4 is 5.97 Å². The van der Waals surface area contributed by atoms with E-state index in [1.54, 1.807) is 7.11 Å². The Morgan fingerprint density at radius 1 is 1.62 bits per heavy atom. The van der Waals surface area contributed by atoms with Gasteiger partial charge in [0.25, 0.3) is 0 Å². The molecule has 118 valence electrons. The molecule has 1 aliphatic rings. The number of methoxy groups -OCH3 is 1. The molecule has 1 unspecified atom stereocenters. The SMILES string of the molecule is CCCC1(C(=O)O)CCCN(Cc2cc(COC)on2)C1. The minimum absolute atomic E-state index is 0.405. The van der Waals surface area contributed by atoms with Gasteiger partial charge in [-0.25, -0.2) is 0 Å². The van der Waals surface area contributed by atoms with Crippen LogP contribution in [-0.4, -0.2) is 41.3 Å². The Morgan fingerprint density at radius 2 is 2.43 bits per heavy atom. The number of nitrogens with zero attached hydrogens (tertiary/aromatic N) is 2. The van der Waals surface area contributed by atoms with Crippen molar-refractivity contribution in [1.82, 2.24) is 10.1 Å². The minimum Gasteiger partial charge on any atom is -0.481 e. The zero-order chi connectivity index (χ0) is 15.3. The molecule has 6 heteroatoms. The average molecular weight is 296 g/mol. The summed E-state index contributed by atoms with van der Waals surface area (Å²) in [5, 5.41) is 13.6. The monoisotopic (exact) mass is 296 g/mol. The fraction of sp³-hybridized carbons (Fsp3) is 0.733. The summed E-state index contributed by atoms with van der Waals surface area (Å²) in [7, 11) is 1.61. The van der Waals surface area contributed by atoms with Crippen LogP contribution >= 0.6 is 0 Å². The molecule has 0 spiro atoms. The number of aliphatic carboxylic acids is 1. The molecular formula is C15H24N2O4. The molecule has 6 nitrogen and oxygen atoms in total. The molecule has 1 N–H and O–H groups in total. The zero-order valence-corrected chi connectivity index (χ0v) is 12.8. The van der Waals surface area contributed by atoms with E-state index in [1.807, 2.05) is 13.0 Å². The number of hydrogen-bond donors (Lipinski definition) is 1. The summed E-state index contributed by atoms with van der Waals surface area (Å²) in [5.74, 6) is 0.0249. The molecule has 0 aliphatic carbocycles. The summed E-state index contributed by atoms with van der Waals surface area (Å²) >= 11 is 0. The molecule has 1 aromatic rings. The number of piperidine rings is 1. The Bertz CT molecular complexity index is 470. The van der Waals surface area contributed by atoms with Crippen LogP contribution in [0.3, 0.4) is 0 Å². The second-order valence-electron chi connectivity index (χ2n) is 5.87. The van der Waals surface area contributed by atoms with E-state index in [-0.39, 0.29) is 0 Å². The Kier molecular flexibility index (Phi) is 5.36. The minimum atomic E-state index is -0.672. The molecule has 2 heterocycles. The van der Waals surface area contributed by atoms with E-state index in [0.29, 0.717) is 25.5 Å². The van der Waals surface area contributed by atoms with E-state index in [2.05, 4.69) is 10.1 Å². The van der Waals surface area contributed by atoms with E-state index in [4.69, 9.17) is 9.26 Å². The summed E-state index contributed by atoms with van der Waals surface area (Å²) in [4.78, 5) is 13.8. The zero-order valence-electron chi connectivity index (χ0n) is 12.8. The third kappa shape index (κ3) is 3.83. The van der Waals surface area contributed by atoms with E-state index in [0.717, 1.165) is 37.9 Å². The maximum Gasteiger partial charge on any atom is 0.310 e. The summed E-state index contributed by atoms with van der Waals surface area (Å²) in [6, 6.07) is 1.88. The van der Waals surface area contributed by atoms with Gasteiger partial charge in [-0.15, -0.1) is 0 Å². The number of carbonyl (C=O) groups is 1. The molecule has 0 aromatic carbocycles. The van der Waals surface area contributed by atoms with Gasteiger partial charge in [0.15, 0.2) is 5.76 Å². The molecule has 1 atom stereocenters. The number of likely N-dealkylation sites (tertiary alicyclic amines) is 1. The largest absolute Gasteiger partial charge is 0.481 e. The first-order chi connectivity index (χ1) is 10.1. The molecule has 0 bridgehead atoms. The molecular weight excluding hydrogens is 272 g/mol. The smallest absolute Gasteiger partial charge is 0.310 e. The fourth-order valence-corrected chi connectivity index (χ4v) is 3.20. The highest BCUT2D eigenvalue weighted by Gasteiger charge is 2.41. The molecule has 1 saturated heterocycles. The van der Waals surface area contributed by atoms with Crippen LogP contribution in [0.4, 0.5) is 0 Å². The predicted molar refractivity (Wildman–Crippen MR) is 76.7 cm³/mol. The fourth-order valence-electron chi connectivity index (χ4n) is 3.20. The van der Waals surface area contributed by atoms with Crippen LogP contribution in [0, 0.1) is 5.41 Å². The highest BCUT2D eigenvalue weighted by molar-refractivity contribution is 5.75. The van der Waals surface area contributed by atoms with Crippen LogP contribution in [-0.2, 0) is 22.7 Å². The first-order valence-corrected chi connectivity index (χ1v) is 7.49. The number of ether oxygens (including phenoxy) is 1. The van der Waals surface area contributed by atoms with Gasteiger partial charge in [-0.3, -0.25) is 9.69 Å². The van der Waals surface area contributed by atoms with E-state index < -0.39 is 11.4 Å². The summed E-state index contributed by atoms with van der Waals surface area (Å²) in [6.07, 6.45) is 3.30. The summed E-state index contributed by atoms with van der Waals surface area (Å²) in [6.45, 7) is 4.57. The first-order valence-electron chi connectivity index (χ1n) is 7.49. The lowest BCUT2D eigenvalue weighted by Gasteiger charge is -2.39. The van der Waals surface area contributed by atoms with Crippen molar-refractivity contribution in [3.05, 3.63) is 17.5 Å². The number of aromatic nitrogens is 1. The Labute approximate surface area is 125 Å². The standard InChI is InChI=1S/C15H24N2O4/c1-3-5-15(14(18)19)6-4-7-17(11-15)9-12-8-13(10-20-2)21-16-12/h8H,3-7,9-11H2,1-2H3,(H,18,19). The summed E-state index contributed by atoms with van der Waals surface area (Å²) in [5.41, 5.74) is 0.228. The number of carboxylic acid groups (broad SMARTS) is 1. The molecule has 0 saturated carbocycles. The molecule has 1 aliphatic heterocycles. The molecule has 0 radical (unpaired) electrons. The van der Waals surface area contributed by atoms with Gasteiger partial charge >= 0.3 is 5.97 Å². The highest BCUT2D eigenvalue weighted by atomic mass is 16.5. The maximum atomic E-state index is 11.7. The van der Waals surface area contributed by atoms with Crippen molar-refractivity contribution in [1.29, 1.82) is 0 Å². The maximum absolute atomic E-state index is 11.7. The van der Waals surface area contributed by atoms with Crippen molar-refractivity contribution in [3.8, 4) is 0 Å². The average Bonchev–Trinajstić information content (AvgIpc) is 2.87. The van der Waals surface area contributed by atoms with Gasteiger partial charge in [0.05, 0.1) is 11.1 Å². The second kappa shape index (κ2) is 7.04. The van der Waals surface area contributed by atoms with Gasteiger partial charge in [-0.2, -0.15) is 0 Å². The van der Waals surface area contributed by atoms with Crippen LogP contribution in [0.2, 0.25) is 0 Å². The van der Waals surface area contributed by atoms with Gasteiger partial charge in [-0.05, 0) is 25.8 Å². The normalized spacial score (nSPS) is 23.3. The number of rotatable bonds is 7. The van der Waals surface area contributed by atoms with Gasteiger partial charge in [-0.1, -0.05) is 18.5 Å². The van der Waals surface area contributed by atoms with E-state index >= 15 is 0 Å². The van der Waals surface area contributed by atoms with Crippen molar-refractivity contribution in [2.75, 3.05) is 20.2 Å². The number of hydrogen-bond acceptors (Lipinski definition) is 5. The highest BCUT2D eigenvalue weighted by Crippen LogP contribution is 2.35. The topological polar surface area (TPSA) is 75.8 Å². The lowest BCUT2D eigenvalue weighted by atomic mass is 9.76. The van der Waals surface area contributed by atoms with Crippen LogP contribution in [0.1, 0.15) is 44.1 Å². The lowest BCUT2D eigenvalue weighted by Crippen LogP contribution is -2.47. The first kappa shape index (κ1) is 16.0. The van der Waals surface area contributed by atoms with Gasteiger partial charge in [0.1, 0.15) is 6.61 Å². The van der Waals surface area contributed by atoms with Crippen molar-refractivity contribution in [2.45, 2.75) is 45.8 Å². The molecule has 1 aromatic heterocycles. The Morgan fingerprint density at radius 3 is 3.10 bits per heavy atom. The van der Waals surface area contributed by atoms with Crippen LogP contribution in [0.25, 0.3) is 0 Å². The second-order valence-corrected chi connectivity index (χ2v) is 5.87. The van der Waals surface area contributed by atoms with Crippen LogP contribution < -0.4 is 0 Å². The van der Waals surface area contributed by atoms with Crippen molar-refractivity contribution in [3.63, 3.8) is 0 Å². The van der Waals surface area contributed by atoms with Gasteiger partial charge in [0, 0.05) is 26.3 Å².